The van der Waals surface area contributed by atoms with Crippen LogP contribution in [0, 0.1) is 0 Å². The van der Waals surface area contributed by atoms with Crippen LogP contribution >= 0.6 is 11.6 Å². The highest BCUT2D eigenvalue weighted by atomic mass is 35.5. The lowest BCUT2D eigenvalue weighted by atomic mass is 10.2. The first-order valence-electron chi connectivity index (χ1n) is 8.58. The number of amides is 1. The Morgan fingerprint density at radius 2 is 2.00 bits per heavy atom. The molecule has 0 unspecified atom stereocenters. The first-order chi connectivity index (χ1) is 13.1. The maximum absolute atomic E-state index is 11.8. The maximum Gasteiger partial charge on any atom is 0.408 e. The Kier molecular flexibility index (Phi) is 6.90. The van der Waals surface area contributed by atoms with Crippen molar-refractivity contribution in [2.24, 2.45) is 0 Å². The summed E-state index contributed by atoms with van der Waals surface area (Å²) in [6, 6.07) is 3.88. The van der Waals surface area contributed by atoms with Gasteiger partial charge in [-0.1, -0.05) is 11.6 Å². The summed E-state index contributed by atoms with van der Waals surface area (Å²) < 4.78 is 16.1. The van der Waals surface area contributed by atoms with E-state index < -0.39 is 23.7 Å². The van der Waals surface area contributed by atoms with Gasteiger partial charge in [0.25, 0.3) is 0 Å². The number of aromatic nitrogens is 1. The smallest absolute Gasteiger partial charge is 0.408 e. The molecule has 0 aliphatic carbocycles. The standard InChI is InChI=1S/C19H23ClN2O6/c1-19(2,3)28-18(25)22-13(17(23)24)6-8-27-16-10-14-11(9-15(16)26-4)12(20)5-7-21-14/h5,7,9-10,13H,6,8H2,1-4H3,(H,22,25)(H,23,24)/t13-/m0/s1. The Balaban J connectivity index is 2.05. The zero-order chi connectivity index (χ0) is 20.9. The Morgan fingerprint density at radius 1 is 1.29 bits per heavy atom. The molecule has 8 nitrogen and oxygen atoms in total. The van der Waals surface area contributed by atoms with Crippen LogP contribution in [0.25, 0.3) is 10.9 Å². The van der Waals surface area contributed by atoms with Crippen LogP contribution in [0.2, 0.25) is 5.02 Å². The third kappa shape index (κ3) is 5.88. The van der Waals surface area contributed by atoms with Gasteiger partial charge in [-0.25, -0.2) is 9.59 Å². The van der Waals surface area contributed by atoms with E-state index in [1.165, 1.54) is 7.11 Å². The van der Waals surface area contributed by atoms with Crippen LogP contribution < -0.4 is 14.8 Å². The zero-order valence-corrected chi connectivity index (χ0v) is 16.9. The lowest BCUT2D eigenvalue weighted by Crippen LogP contribution is -2.44. The van der Waals surface area contributed by atoms with E-state index in [4.69, 9.17) is 25.8 Å². The molecule has 0 radical (unpaired) electrons. The third-order valence-electron chi connectivity index (χ3n) is 3.63. The van der Waals surface area contributed by atoms with E-state index in [2.05, 4.69) is 10.3 Å². The minimum atomic E-state index is -1.19. The van der Waals surface area contributed by atoms with E-state index in [0.717, 1.165) is 0 Å². The van der Waals surface area contributed by atoms with Crippen molar-refractivity contribution in [3.63, 3.8) is 0 Å². The fraction of sp³-hybridized carbons (Fsp3) is 0.421. The number of hydrogen-bond donors (Lipinski definition) is 2. The lowest BCUT2D eigenvalue weighted by molar-refractivity contribution is -0.139. The molecule has 2 N–H and O–H groups in total. The number of pyridine rings is 1. The minimum absolute atomic E-state index is 0.0230. The Bertz CT molecular complexity index is 865. The molecule has 0 saturated heterocycles. The number of aliphatic carboxylic acids is 1. The van der Waals surface area contributed by atoms with Crippen LogP contribution in [-0.4, -0.2) is 47.5 Å². The van der Waals surface area contributed by atoms with Crippen LogP contribution in [0.5, 0.6) is 11.5 Å². The van der Waals surface area contributed by atoms with Crippen LogP contribution in [0.4, 0.5) is 4.79 Å². The minimum Gasteiger partial charge on any atom is -0.493 e. The SMILES string of the molecule is COc1cc2c(Cl)ccnc2cc1OCC[C@H](NC(=O)OC(C)(C)C)C(=O)O. The quantitative estimate of drug-likeness (QED) is 0.717. The number of nitrogens with zero attached hydrogens (tertiary/aromatic N) is 1. The van der Waals surface area contributed by atoms with Crippen molar-refractivity contribution in [1.29, 1.82) is 0 Å². The summed E-state index contributed by atoms with van der Waals surface area (Å²) in [7, 11) is 1.49. The summed E-state index contributed by atoms with van der Waals surface area (Å²) in [6.45, 7) is 5.10. The van der Waals surface area contributed by atoms with Crippen molar-refractivity contribution < 1.29 is 28.9 Å². The van der Waals surface area contributed by atoms with Crippen LogP contribution in [0.15, 0.2) is 24.4 Å². The van der Waals surface area contributed by atoms with Crippen molar-refractivity contribution in [1.82, 2.24) is 10.3 Å². The second-order valence-corrected chi connectivity index (χ2v) is 7.39. The monoisotopic (exact) mass is 410 g/mol. The number of carbonyl (C=O) groups excluding carboxylic acids is 1. The average Bonchev–Trinajstić information content (AvgIpc) is 2.59. The predicted octanol–water partition coefficient (Wildman–Crippen LogP) is 3.64. The van der Waals surface area contributed by atoms with Gasteiger partial charge < -0.3 is 24.6 Å². The number of halogens is 1. The molecule has 0 aliphatic heterocycles. The van der Waals surface area contributed by atoms with E-state index in [9.17, 15) is 14.7 Å². The molecule has 9 heteroatoms. The number of carboxylic acid groups (broad SMARTS) is 1. The second kappa shape index (κ2) is 8.97. The molecule has 28 heavy (non-hydrogen) atoms. The largest absolute Gasteiger partial charge is 0.493 e. The number of methoxy groups -OCH3 is 1. The molecular formula is C19H23ClN2O6. The maximum atomic E-state index is 11.8. The fourth-order valence-corrected chi connectivity index (χ4v) is 2.59. The van der Waals surface area contributed by atoms with E-state index in [0.29, 0.717) is 27.4 Å². The van der Waals surface area contributed by atoms with Crippen LogP contribution in [-0.2, 0) is 9.53 Å². The number of hydrogen-bond acceptors (Lipinski definition) is 6. The van der Waals surface area contributed by atoms with Gasteiger partial charge in [-0.2, -0.15) is 0 Å². The van der Waals surface area contributed by atoms with Gasteiger partial charge in [0.1, 0.15) is 11.6 Å². The van der Waals surface area contributed by atoms with Gasteiger partial charge in [-0.3, -0.25) is 4.98 Å². The van der Waals surface area contributed by atoms with Gasteiger partial charge in [0, 0.05) is 24.1 Å². The summed E-state index contributed by atoms with van der Waals surface area (Å²) in [5.74, 6) is -0.353. The molecule has 1 aromatic heterocycles. The highest BCUT2D eigenvalue weighted by molar-refractivity contribution is 6.35. The van der Waals surface area contributed by atoms with Gasteiger partial charge in [0.15, 0.2) is 11.5 Å². The van der Waals surface area contributed by atoms with Crippen molar-refractivity contribution in [3.8, 4) is 11.5 Å². The Morgan fingerprint density at radius 3 is 2.61 bits per heavy atom. The number of nitrogens with one attached hydrogen (secondary N) is 1. The topological polar surface area (TPSA) is 107 Å². The summed E-state index contributed by atoms with van der Waals surface area (Å²) in [5, 5.41) is 12.9. The molecule has 2 rings (SSSR count). The van der Waals surface area contributed by atoms with Gasteiger partial charge in [-0.05, 0) is 32.9 Å². The van der Waals surface area contributed by atoms with E-state index in [-0.39, 0.29) is 13.0 Å². The van der Waals surface area contributed by atoms with Crippen molar-refractivity contribution in [3.05, 3.63) is 29.4 Å². The molecule has 0 spiro atoms. The molecule has 0 aliphatic rings. The van der Waals surface area contributed by atoms with Gasteiger partial charge in [0.05, 0.1) is 24.3 Å². The molecule has 1 heterocycles. The number of carboxylic acids is 1. The third-order valence-corrected chi connectivity index (χ3v) is 3.96. The zero-order valence-electron chi connectivity index (χ0n) is 16.1. The van der Waals surface area contributed by atoms with Crippen molar-refractivity contribution in [2.45, 2.75) is 38.8 Å². The summed E-state index contributed by atoms with van der Waals surface area (Å²) in [4.78, 5) is 27.4. The van der Waals surface area contributed by atoms with Crippen LogP contribution in [0.3, 0.4) is 0 Å². The molecule has 1 amide bonds. The van der Waals surface area contributed by atoms with Gasteiger partial charge in [0.2, 0.25) is 0 Å². The molecule has 0 fully saturated rings. The molecule has 152 valence electrons. The van der Waals surface area contributed by atoms with E-state index >= 15 is 0 Å². The van der Waals surface area contributed by atoms with Crippen LogP contribution in [0.1, 0.15) is 27.2 Å². The number of fused-ring (bicyclic) bond motifs is 1. The number of alkyl carbamates (subject to hydrolysis) is 1. The first-order valence-corrected chi connectivity index (χ1v) is 8.96. The molecule has 2 aromatic rings. The molecular weight excluding hydrogens is 388 g/mol. The summed E-state index contributed by atoms with van der Waals surface area (Å²) in [6.07, 6.45) is 0.798. The Labute approximate surface area is 167 Å². The highest BCUT2D eigenvalue weighted by Crippen LogP contribution is 2.34. The molecule has 0 bridgehead atoms. The van der Waals surface area contributed by atoms with E-state index in [1.54, 1.807) is 45.2 Å². The lowest BCUT2D eigenvalue weighted by Gasteiger charge is -2.22. The highest BCUT2D eigenvalue weighted by Gasteiger charge is 2.24. The number of carbonyl (C=O) groups is 2. The predicted molar refractivity (Wildman–Crippen MR) is 104 cm³/mol. The summed E-state index contributed by atoms with van der Waals surface area (Å²) >= 11 is 6.16. The Hall–Kier alpha value is -2.74. The first kappa shape index (κ1) is 21.6. The molecule has 1 atom stereocenters. The molecule has 1 aromatic carbocycles. The van der Waals surface area contributed by atoms with Crippen molar-refractivity contribution >= 4 is 34.6 Å². The number of rotatable bonds is 7. The number of ether oxygens (including phenoxy) is 3. The number of benzene rings is 1. The van der Waals surface area contributed by atoms with E-state index in [1.807, 2.05) is 0 Å². The summed E-state index contributed by atoms with van der Waals surface area (Å²) in [5.41, 5.74) is -0.110. The average molecular weight is 411 g/mol. The van der Waals surface area contributed by atoms with Gasteiger partial charge >= 0.3 is 12.1 Å². The normalized spacial score (nSPS) is 12.3. The van der Waals surface area contributed by atoms with Crippen molar-refractivity contribution in [2.75, 3.05) is 13.7 Å². The fourth-order valence-electron chi connectivity index (χ4n) is 2.39. The van der Waals surface area contributed by atoms with Gasteiger partial charge in [-0.15, -0.1) is 0 Å². The second-order valence-electron chi connectivity index (χ2n) is 6.99. The molecule has 0 saturated carbocycles.